The molecule has 110 valence electrons. The highest BCUT2D eigenvalue weighted by Gasteiger charge is 2.51. The molecule has 1 amide bonds. The molecule has 0 saturated heterocycles. The first-order chi connectivity index (χ1) is 9.97. The van der Waals surface area contributed by atoms with E-state index in [1.807, 2.05) is 44.2 Å². The third kappa shape index (κ3) is 2.35. The Kier molecular flexibility index (Phi) is 3.32. The molecule has 1 fully saturated rings. The molecule has 3 rings (SSSR count). The van der Waals surface area contributed by atoms with Crippen molar-refractivity contribution in [3.8, 4) is 0 Å². The Bertz CT molecular complexity index is 635. The van der Waals surface area contributed by atoms with E-state index in [-0.39, 0.29) is 17.7 Å². The topological polar surface area (TPSA) is 66.4 Å². The Morgan fingerprint density at radius 2 is 1.81 bits per heavy atom. The summed E-state index contributed by atoms with van der Waals surface area (Å²) in [5, 5.41) is 12.3. The van der Waals surface area contributed by atoms with E-state index in [0.717, 1.165) is 23.2 Å². The Labute approximate surface area is 123 Å². The van der Waals surface area contributed by atoms with Crippen LogP contribution in [0.4, 0.5) is 5.69 Å². The van der Waals surface area contributed by atoms with Crippen molar-refractivity contribution in [1.29, 1.82) is 0 Å². The molecule has 0 aliphatic heterocycles. The van der Waals surface area contributed by atoms with Crippen molar-refractivity contribution in [2.75, 3.05) is 5.32 Å². The highest BCUT2D eigenvalue weighted by atomic mass is 16.4. The van der Waals surface area contributed by atoms with Crippen molar-refractivity contribution in [3.05, 3.63) is 41.5 Å². The lowest BCUT2D eigenvalue weighted by Crippen LogP contribution is -2.36. The number of fused-ring (bicyclic) bond motifs is 2. The number of benzene rings is 1. The smallest absolute Gasteiger partial charge is 0.307 e. The molecule has 0 aromatic heterocycles. The fourth-order valence-electron chi connectivity index (χ4n) is 3.69. The number of rotatable bonds is 3. The summed E-state index contributed by atoms with van der Waals surface area (Å²) in [7, 11) is 0. The molecule has 0 radical (unpaired) electrons. The quantitative estimate of drug-likeness (QED) is 0.839. The van der Waals surface area contributed by atoms with Gasteiger partial charge in [-0.1, -0.05) is 29.8 Å². The summed E-state index contributed by atoms with van der Waals surface area (Å²) in [6.45, 7) is 3.94. The lowest BCUT2D eigenvalue weighted by Gasteiger charge is -2.24. The maximum atomic E-state index is 12.5. The first-order valence-corrected chi connectivity index (χ1v) is 7.26. The molecule has 2 bridgehead atoms. The molecule has 1 saturated carbocycles. The highest BCUT2D eigenvalue weighted by molar-refractivity contribution is 5.96. The molecule has 1 aromatic rings. The lowest BCUT2D eigenvalue weighted by molar-refractivity contribution is -0.146. The van der Waals surface area contributed by atoms with Crippen LogP contribution in [0.2, 0.25) is 0 Å². The summed E-state index contributed by atoms with van der Waals surface area (Å²) in [6, 6.07) is 5.82. The van der Waals surface area contributed by atoms with Gasteiger partial charge in [-0.3, -0.25) is 9.59 Å². The minimum absolute atomic E-state index is 0.00219. The van der Waals surface area contributed by atoms with E-state index in [4.69, 9.17) is 0 Å². The fourth-order valence-corrected chi connectivity index (χ4v) is 3.69. The summed E-state index contributed by atoms with van der Waals surface area (Å²) in [4.78, 5) is 24.0. The normalized spacial score (nSPS) is 29.6. The number of allylic oxidation sites excluding steroid dienone is 2. The van der Waals surface area contributed by atoms with E-state index in [1.165, 1.54) is 0 Å². The largest absolute Gasteiger partial charge is 0.481 e. The van der Waals surface area contributed by atoms with Crippen LogP contribution in [0.15, 0.2) is 30.4 Å². The van der Waals surface area contributed by atoms with Crippen molar-refractivity contribution in [3.63, 3.8) is 0 Å². The Balaban J connectivity index is 1.82. The molecule has 21 heavy (non-hydrogen) atoms. The molecule has 0 heterocycles. The van der Waals surface area contributed by atoms with Crippen LogP contribution in [0.3, 0.4) is 0 Å². The SMILES string of the molecule is Cc1ccc(NC(=O)[C@@H]2[C@H](C(=O)O)[C@H]3C=C[C@H]2C3)c(C)c1. The van der Waals surface area contributed by atoms with Gasteiger partial charge in [0.05, 0.1) is 11.8 Å². The molecule has 4 nitrogen and oxygen atoms in total. The van der Waals surface area contributed by atoms with Crippen molar-refractivity contribution in [2.24, 2.45) is 23.7 Å². The zero-order valence-electron chi connectivity index (χ0n) is 12.2. The molecule has 2 N–H and O–H groups in total. The van der Waals surface area contributed by atoms with Gasteiger partial charge in [0, 0.05) is 5.69 Å². The summed E-state index contributed by atoms with van der Waals surface area (Å²) in [6.07, 6.45) is 4.72. The van der Waals surface area contributed by atoms with E-state index < -0.39 is 17.8 Å². The Morgan fingerprint density at radius 3 is 2.43 bits per heavy atom. The maximum Gasteiger partial charge on any atom is 0.307 e. The molecule has 2 aliphatic rings. The number of hydrogen-bond acceptors (Lipinski definition) is 2. The number of nitrogens with one attached hydrogen (secondary N) is 1. The summed E-state index contributed by atoms with van der Waals surface area (Å²) in [5.74, 6) is -2.04. The van der Waals surface area contributed by atoms with Gasteiger partial charge >= 0.3 is 5.97 Å². The first kappa shape index (κ1) is 13.9. The van der Waals surface area contributed by atoms with Crippen LogP contribution < -0.4 is 5.32 Å². The molecule has 4 atom stereocenters. The molecule has 2 aliphatic carbocycles. The van der Waals surface area contributed by atoms with Crippen LogP contribution >= 0.6 is 0 Å². The number of carboxylic acids is 1. The minimum atomic E-state index is -0.868. The number of carboxylic acid groups (broad SMARTS) is 1. The molecule has 1 aromatic carbocycles. The van der Waals surface area contributed by atoms with Crippen LogP contribution in [-0.2, 0) is 9.59 Å². The predicted molar refractivity (Wildman–Crippen MR) is 79.9 cm³/mol. The Morgan fingerprint density at radius 1 is 1.14 bits per heavy atom. The average Bonchev–Trinajstić information content (AvgIpc) is 3.02. The summed E-state index contributed by atoms with van der Waals surface area (Å²) >= 11 is 0. The van der Waals surface area contributed by atoms with Crippen LogP contribution in [0.5, 0.6) is 0 Å². The van der Waals surface area contributed by atoms with Gasteiger partial charge in [-0.05, 0) is 43.7 Å². The van der Waals surface area contributed by atoms with Gasteiger partial charge in [-0.15, -0.1) is 0 Å². The standard InChI is InChI=1S/C17H19NO3/c1-9-3-6-13(10(2)7-9)18-16(19)14-11-4-5-12(8-11)15(14)17(20)21/h3-7,11-12,14-15H,8H2,1-2H3,(H,18,19)(H,20,21)/t11-,12-,14-,15+/m0/s1. The number of carbonyl (C=O) groups excluding carboxylic acids is 1. The van der Waals surface area contributed by atoms with E-state index in [2.05, 4.69) is 5.32 Å². The number of hydrogen-bond donors (Lipinski definition) is 2. The van der Waals surface area contributed by atoms with Crippen molar-refractivity contribution in [1.82, 2.24) is 0 Å². The average molecular weight is 285 g/mol. The van der Waals surface area contributed by atoms with Gasteiger partial charge < -0.3 is 10.4 Å². The van der Waals surface area contributed by atoms with Gasteiger partial charge in [0.1, 0.15) is 0 Å². The van der Waals surface area contributed by atoms with Crippen molar-refractivity contribution >= 4 is 17.6 Å². The van der Waals surface area contributed by atoms with Gasteiger partial charge in [0.2, 0.25) is 5.91 Å². The second kappa shape index (κ2) is 5.02. The molecule has 4 heteroatoms. The van der Waals surface area contributed by atoms with Crippen molar-refractivity contribution < 1.29 is 14.7 Å². The monoisotopic (exact) mass is 285 g/mol. The molecule has 0 unspecified atom stereocenters. The van der Waals surface area contributed by atoms with Crippen LogP contribution in [-0.4, -0.2) is 17.0 Å². The van der Waals surface area contributed by atoms with E-state index in [9.17, 15) is 14.7 Å². The second-order valence-corrected chi connectivity index (χ2v) is 6.15. The number of amides is 1. The predicted octanol–water partition coefficient (Wildman–Crippen LogP) is 2.76. The first-order valence-electron chi connectivity index (χ1n) is 7.26. The number of aryl methyl sites for hydroxylation is 2. The lowest BCUT2D eigenvalue weighted by atomic mass is 9.82. The molecular formula is C17H19NO3. The van der Waals surface area contributed by atoms with Crippen molar-refractivity contribution in [2.45, 2.75) is 20.3 Å². The van der Waals surface area contributed by atoms with Gasteiger partial charge in [-0.2, -0.15) is 0 Å². The summed E-state index contributed by atoms with van der Waals surface area (Å²) in [5.41, 5.74) is 2.90. The number of carbonyl (C=O) groups is 2. The van der Waals surface area contributed by atoms with Crippen LogP contribution in [0, 0.1) is 37.5 Å². The van der Waals surface area contributed by atoms with E-state index in [0.29, 0.717) is 0 Å². The number of anilines is 1. The highest BCUT2D eigenvalue weighted by Crippen LogP contribution is 2.48. The molecular weight excluding hydrogens is 266 g/mol. The Hall–Kier alpha value is -2.10. The van der Waals surface area contributed by atoms with Crippen LogP contribution in [0.25, 0.3) is 0 Å². The van der Waals surface area contributed by atoms with Gasteiger partial charge in [-0.25, -0.2) is 0 Å². The van der Waals surface area contributed by atoms with E-state index in [1.54, 1.807) is 0 Å². The summed E-state index contributed by atoms with van der Waals surface area (Å²) < 4.78 is 0. The third-order valence-electron chi connectivity index (χ3n) is 4.69. The minimum Gasteiger partial charge on any atom is -0.481 e. The van der Waals surface area contributed by atoms with E-state index >= 15 is 0 Å². The zero-order chi connectivity index (χ0) is 15.1. The van der Waals surface area contributed by atoms with Gasteiger partial charge in [0.25, 0.3) is 0 Å². The van der Waals surface area contributed by atoms with Gasteiger partial charge in [0.15, 0.2) is 0 Å². The zero-order valence-corrected chi connectivity index (χ0v) is 12.2. The maximum absolute atomic E-state index is 12.5. The fraction of sp³-hybridized carbons (Fsp3) is 0.412. The van der Waals surface area contributed by atoms with Crippen LogP contribution in [0.1, 0.15) is 17.5 Å². The molecule has 0 spiro atoms. The third-order valence-corrected chi connectivity index (χ3v) is 4.69. The number of aliphatic carboxylic acids is 1. The second-order valence-electron chi connectivity index (χ2n) is 6.15.